The zero-order chi connectivity index (χ0) is 21.6. The number of carbonyl (C=O) groups excluding carboxylic acids is 1. The standard InChI is InChI=1S/C25H22N4O2/c1-2-22(19-13-7-4-8-14-19)26-27-24(30)23-20-15-9-10-16-21(20)25(31)29(28-23)17-18-11-5-3-6-12-18/h3-16H,2,17H2,1H3,(H,27,30)/b26-22-. The van der Waals surface area contributed by atoms with E-state index in [9.17, 15) is 9.59 Å². The van der Waals surface area contributed by atoms with E-state index in [0.29, 0.717) is 17.2 Å². The molecule has 154 valence electrons. The van der Waals surface area contributed by atoms with Gasteiger partial charge in [-0.2, -0.15) is 10.2 Å². The summed E-state index contributed by atoms with van der Waals surface area (Å²) >= 11 is 0. The van der Waals surface area contributed by atoms with E-state index in [1.165, 1.54) is 4.68 Å². The van der Waals surface area contributed by atoms with Crippen LogP contribution in [-0.2, 0) is 6.54 Å². The fraction of sp³-hybridized carbons (Fsp3) is 0.120. The van der Waals surface area contributed by atoms with E-state index in [2.05, 4.69) is 15.6 Å². The summed E-state index contributed by atoms with van der Waals surface area (Å²) < 4.78 is 1.33. The first kappa shape index (κ1) is 20.2. The number of nitrogens with zero attached hydrogens (tertiary/aromatic N) is 3. The third-order valence-electron chi connectivity index (χ3n) is 4.99. The second kappa shape index (κ2) is 9.17. The largest absolute Gasteiger partial charge is 0.292 e. The molecule has 1 N–H and O–H groups in total. The van der Waals surface area contributed by atoms with Crippen molar-refractivity contribution in [2.24, 2.45) is 5.10 Å². The van der Waals surface area contributed by atoms with E-state index < -0.39 is 5.91 Å². The number of rotatable bonds is 6. The van der Waals surface area contributed by atoms with E-state index in [-0.39, 0.29) is 17.8 Å². The first-order valence-electron chi connectivity index (χ1n) is 10.1. The lowest BCUT2D eigenvalue weighted by atomic mass is 10.1. The van der Waals surface area contributed by atoms with Crippen molar-refractivity contribution in [3.05, 3.63) is 112 Å². The minimum Gasteiger partial charge on any atom is -0.267 e. The number of amides is 1. The minimum atomic E-state index is -0.458. The van der Waals surface area contributed by atoms with Crippen molar-refractivity contribution in [3.63, 3.8) is 0 Å². The highest BCUT2D eigenvalue weighted by atomic mass is 16.2. The zero-order valence-corrected chi connectivity index (χ0v) is 17.2. The molecule has 0 aliphatic heterocycles. The SMILES string of the molecule is CC/C(=N/NC(=O)c1nn(Cc2ccccc2)c(=O)c2ccccc12)c1ccccc1. The Morgan fingerprint density at radius 1 is 0.903 bits per heavy atom. The fourth-order valence-electron chi connectivity index (χ4n) is 3.42. The van der Waals surface area contributed by atoms with Crippen LogP contribution in [0.2, 0.25) is 0 Å². The highest BCUT2D eigenvalue weighted by molar-refractivity contribution is 6.06. The molecule has 0 fully saturated rings. The molecule has 0 aliphatic carbocycles. The van der Waals surface area contributed by atoms with Crippen LogP contribution in [0, 0.1) is 0 Å². The summed E-state index contributed by atoms with van der Waals surface area (Å²) in [5.74, 6) is -0.458. The Labute approximate surface area is 179 Å². The first-order valence-corrected chi connectivity index (χ1v) is 10.1. The Kier molecular flexibility index (Phi) is 5.98. The smallest absolute Gasteiger partial charge is 0.267 e. The Balaban J connectivity index is 1.72. The number of hydrogen-bond donors (Lipinski definition) is 1. The molecule has 0 spiro atoms. The van der Waals surface area contributed by atoms with Crippen LogP contribution in [0.25, 0.3) is 10.8 Å². The van der Waals surface area contributed by atoms with Gasteiger partial charge in [-0.3, -0.25) is 9.59 Å². The number of benzene rings is 3. The van der Waals surface area contributed by atoms with Crippen LogP contribution in [0.15, 0.2) is 94.8 Å². The molecule has 0 saturated carbocycles. The zero-order valence-electron chi connectivity index (χ0n) is 17.2. The second-order valence-electron chi connectivity index (χ2n) is 7.06. The van der Waals surface area contributed by atoms with E-state index in [1.807, 2.05) is 67.6 Å². The normalized spacial score (nSPS) is 11.5. The second-order valence-corrected chi connectivity index (χ2v) is 7.06. The van der Waals surface area contributed by atoms with Gasteiger partial charge in [0.25, 0.3) is 11.5 Å². The molecule has 6 nitrogen and oxygen atoms in total. The quantitative estimate of drug-likeness (QED) is 0.386. The molecule has 4 rings (SSSR count). The Morgan fingerprint density at radius 2 is 1.52 bits per heavy atom. The van der Waals surface area contributed by atoms with Gasteiger partial charge in [-0.1, -0.05) is 85.8 Å². The maximum Gasteiger partial charge on any atom is 0.292 e. The van der Waals surface area contributed by atoms with Gasteiger partial charge in [-0.15, -0.1) is 0 Å². The van der Waals surface area contributed by atoms with Crippen molar-refractivity contribution in [2.75, 3.05) is 0 Å². The molecule has 4 aromatic rings. The molecule has 0 radical (unpaired) electrons. The summed E-state index contributed by atoms with van der Waals surface area (Å²) in [5.41, 5.74) is 5.18. The number of hydrazone groups is 1. The summed E-state index contributed by atoms with van der Waals surface area (Å²) in [7, 11) is 0. The highest BCUT2D eigenvalue weighted by Crippen LogP contribution is 2.14. The third-order valence-corrected chi connectivity index (χ3v) is 4.99. The van der Waals surface area contributed by atoms with E-state index in [1.54, 1.807) is 24.3 Å². The number of aromatic nitrogens is 2. The van der Waals surface area contributed by atoms with Gasteiger partial charge in [0.05, 0.1) is 17.6 Å². The molecule has 6 heteroatoms. The van der Waals surface area contributed by atoms with Crippen LogP contribution in [0.1, 0.15) is 35.0 Å². The van der Waals surface area contributed by atoms with E-state index in [0.717, 1.165) is 16.8 Å². The maximum absolute atomic E-state index is 13.0. The maximum atomic E-state index is 13.0. The molecule has 0 atom stereocenters. The van der Waals surface area contributed by atoms with Crippen molar-refractivity contribution < 1.29 is 4.79 Å². The van der Waals surface area contributed by atoms with Gasteiger partial charge in [-0.05, 0) is 23.6 Å². The molecule has 0 unspecified atom stereocenters. The summed E-state index contributed by atoms with van der Waals surface area (Å²) in [6.45, 7) is 2.25. The van der Waals surface area contributed by atoms with Crippen LogP contribution < -0.4 is 11.0 Å². The monoisotopic (exact) mass is 410 g/mol. The first-order chi connectivity index (χ1) is 15.2. The Hall–Kier alpha value is -4.06. The van der Waals surface area contributed by atoms with Crippen LogP contribution in [-0.4, -0.2) is 21.4 Å². The van der Waals surface area contributed by atoms with Gasteiger partial charge in [0, 0.05) is 5.39 Å². The van der Waals surface area contributed by atoms with Gasteiger partial charge < -0.3 is 0 Å². The summed E-state index contributed by atoms with van der Waals surface area (Å²) in [4.78, 5) is 26.0. The summed E-state index contributed by atoms with van der Waals surface area (Å²) in [5, 5.41) is 9.66. The third kappa shape index (κ3) is 4.43. The average Bonchev–Trinajstić information content (AvgIpc) is 2.82. The lowest BCUT2D eigenvalue weighted by molar-refractivity contribution is 0.0949. The molecule has 1 aromatic heterocycles. The predicted molar refractivity (Wildman–Crippen MR) is 122 cm³/mol. The van der Waals surface area contributed by atoms with Crippen LogP contribution in [0.3, 0.4) is 0 Å². The van der Waals surface area contributed by atoms with Gasteiger partial charge in [0.2, 0.25) is 0 Å². The van der Waals surface area contributed by atoms with E-state index in [4.69, 9.17) is 0 Å². The Bertz CT molecular complexity index is 1300. The van der Waals surface area contributed by atoms with Crippen molar-refractivity contribution in [1.82, 2.24) is 15.2 Å². The number of carbonyl (C=O) groups is 1. The van der Waals surface area contributed by atoms with Crippen molar-refractivity contribution >= 4 is 22.4 Å². The fourth-order valence-corrected chi connectivity index (χ4v) is 3.42. The predicted octanol–water partition coefficient (Wildman–Crippen LogP) is 3.99. The minimum absolute atomic E-state index is 0.165. The number of hydrogen-bond acceptors (Lipinski definition) is 4. The lowest BCUT2D eigenvalue weighted by Gasteiger charge is -2.11. The molecule has 1 amide bonds. The van der Waals surface area contributed by atoms with Crippen molar-refractivity contribution in [1.29, 1.82) is 0 Å². The molecular formula is C25H22N4O2. The van der Waals surface area contributed by atoms with Gasteiger partial charge in [-0.25, -0.2) is 10.1 Å². The molecule has 3 aromatic carbocycles. The topological polar surface area (TPSA) is 76.3 Å². The van der Waals surface area contributed by atoms with Crippen molar-refractivity contribution in [3.8, 4) is 0 Å². The molecular weight excluding hydrogens is 388 g/mol. The van der Waals surface area contributed by atoms with Crippen LogP contribution >= 0.6 is 0 Å². The highest BCUT2D eigenvalue weighted by Gasteiger charge is 2.17. The van der Waals surface area contributed by atoms with Gasteiger partial charge >= 0.3 is 0 Å². The Morgan fingerprint density at radius 3 is 2.19 bits per heavy atom. The van der Waals surface area contributed by atoms with Crippen molar-refractivity contribution in [2.45, 2.75) is 19.9 Å². The molecule has 31 heavy (non-hydrogen) atoms. The molecule has 1 heterocycles. The van der Waals surface area contributed by atoms with E-state index >= 15 is 0 Å². The van der Waals surface area contributed by atoms with Gasteiger partial charge in [0.15, 0.2) is 5.69 Å². The number of fused-ring (bicyclic) bond motifs is 1. The lowest BCUT2D eigenvalue weighted by Crippen LogP contribution is -2.29. The summed E-state index contributed by atoms with van der Waals surface area (Å²) in [6, 6.07) is 26.2. The number of nitrogens with one attached hydrogen (secondary N) is 1. The molecule has 0 aliphatic rings. The molecule has 0 saturated heterocycles. The van der Waals surface area contributed by atoms with Crippen LogP contribution in [0.5, 0.6) is 0 Å². The molecule has 0 bridgehead atoms. The summed E-state index contributed by atoms with van der Waals surface area (Å²) in [6.07, 6.45) is 0.659. The van der Waals surface area contributed by atoms with Gasteiger partial charge in [0.1, 0.15) is 0 Å². The average molecular weight is 410 g/mol. The van der Waals surface area contributed by atoms with Crippen LogP contribution in [0.4, 0.5) is 0 Å².